The highest BCUT2D eigenvalue weighted by atomic mass is 16.6. The van der Waals surface area contributed by atoms with Gasteiger partial charge >= 0.3 is 0 Å². The molecule has 1 aliphatic heterocycles. The Hall–Kier alpha value is -2.99. The van der Waals surface area contributed by atoms with Gasteiger partial charge in [0.05, 0.1) is 5.39 Å². The van der Waals surface area contributed by atoms with Crippen molar-refractivity contribution >= 4 is 21.8 Å². The summed E-state index contributed by atoms with van der Waals surface area (Å²) in [5, 5.41) is 9.61. The van der Waals surface area contributed by atoms with Crippen LogP contribution in [0.25, 0.3) is 21.8 Å². The maximum atomic E-state index is 6.12. The quantitative estimate of drug-likeness (QED) is 0.512. The number of benzene rings is 2. The van der Waals surface area contributed by atoms with E-state index in [9.17, 15) is 0 Å². The summed E-state index contributed by atoms with van der Waals surface area (Å²) in [4.78, 5) is 3.33. The molecule has 0 bridgehead atoms. The first-order chi connectivity index (χ1) is 13.4. The summed E-state index contributed by atoms with van der Waals surface area (Å²) in [6.45, 7) is 2.22. The van der Waals surface area contributed by atoms with Crippen molar-refractivity contribution in [2.75, 3.05) is 19.7 Å². The summed E-state index contributed by atoms with van der Waals surface area (Å²) in [7, 11) is 0. The van der Waals surface area contributed by atoms with Gasteiger partial charge in [-0.3, -0.25) is 0 Å². The molecule has 0 spiro atoms. The molecule has 1 aliphatic rings. The lowest BCUT2D eigenvalue weighted by atomic mass is 10.1. The third kappa shape index (κ3) is 3.13. The first-order valence-corrected chi connectivity index (χ1v) is 9.31. The minimum atomic E-state index is -0.0221. The van der Waals surface area contributed by atoms with E-state index in [1.165, 1.54) is 16.5 Å². The topological polar surface area (TPSA) is 72.3 Å². The second-order valence-electron chi connectivity index (χ2n) is 6.86. The zero-order valence-corrected chi connectivity index (χ0v) is 14.9. The molecule has 27 heavy (non-hydrogen) atoms. The van der Waals surface area contributed by atoms with Crippen LogP contribution in [0.3, 0.4) is 0 Å². The number of aromatic nitrogens is 2. The number of ether oxygens (including phenoxy) is 2. The van der Waals surface area contributed by atoms with Gasteiger partial charge in [0.25, 0.3) is 0 Å². The number of aromatic amines is 1. The van der Waals surface area contributed by atoms with Gasteiger partial charge in [-0.05, 0) is 43.1 Å². The number of para-hydroxylation sites is 1. The van der Waals surface area contributed by atoms with Crippen LogP contribution in [0.5, 0.6) is 11.5 Å². The smallest absolute Gasteiger partial charge is 0.174 e. The number of hydrogen-bond acceptors (Lipinski definition) is 5. The fourth-order valence-corrected chi connectivity index (χ4v) is 3.62. The fraction of sp³-hybridized carbons (Fsp3) is 0.286. The van der Waals surface area contributed by atoms with E-state index in [-0.39, 0.29) is 6.10 Å². The molecule has 2 N–H and O–H groups in total. The van der Waals surface area contributed by atoms with Crippen LogP contribution in [0.1, 0.15) is 12.0 Å². The van der Waals surface area contributed by atoms with Gasteiger partial charge in [-0.2, -0.15) is 0 Å². The second-order valence-corrected chi connectivity index (χ2v) is 6.86. The predicted octanol–water partition coefficient (Wildman–Crippen LogP) is 3.67. The van der Waals surface area contributed by atoms with Crippen LogP contribution in [-0.2, 0) is 6.42 Å². The lowest BCUT2D eigenvalue weighted by Gasteiger charge is -2.27. The highest BCUT2D eigenvalue weighted by molar-refractivity contribution is 5.87. The Bertz CT molecular complexity index is 1070. The summed E-state index contributed by atoms with van der Waals surface area (Å²) in [6, 6.07) is 12.2. The Kier molecular flexibility index (Phi) is 4.18. The van der Waals surface area contributed by atoms with Crippen molar-refractivity contribution in [1.82, 2.24) is 15.5 Å². The Morgan fingerprint density at radius 3 is 3.11 bits per heavy atom. The molecule has 0 saturated carbocycles. The van der Waals surface area contributed by atoms with Gasteiger partial charge in [0.15, 0.2) is 11.5 Å². The van der Waals surface area contributed by atoms with Gasteiger partial charge in [0, 0.05) is 23.6 Å². The lowest BCUT2D eigenvalue weighted by molar-refractivity contribution is 0.0925. The van der Waals surface area contributed by atoms with E-state index in [2.05, 4.69) is 45.9 Å². The molecular weight excluding hydrogens is 342 g/mol. The SMILES string of the molecule is c1ccc2c(CCCNCC3COc4ccc5nocc5c4O3)c[nH]c2c1. The summed E-state index contributed by atoms with van der Waals surface area (Å²) in [5.74, 6) is 1.48. The predicted molar refractivity (Wildman–Crippen MR) is 103 cm³/mol. The van der Waals surface area contributed by atoms with Crippen molar-refractivity contribution in [2.24, 2.45) is 0 Å². The monoisotopic (exact) mass is 363 g/mol. The summed E-state index contributed by atoms with van der Waals surface area (Å²) in [5.41, 5.74) is 3.35. The van der Waals surface area contributed by atoms with Gasteiger partial charge in [-0.1, -0.05) is 23.4 Å². The third-order valence-corrected chi connectivity index (χ3v) is 5.01. The van der Waals surface area contributed by atoms with Gasteiger partial charge in [0.1, 0.15) is 24.5 Å². The molecule has 2 aromatic carbocycles. The minimum absolute atomic E-state index is 0.0221. The van der Waals surface area contributed by atoms with Crippen LogP contribution in [0.4, 0.5) is 0 Å². The van der Waals surface area contributed by atoms with Crippen LogP contribution in [0.15, 0.2) is 53.4 Å². The highest BCUT2D eigenvalue weighted by Gasteiger charge is 2.23. The van der Waals surface area contributed by atoms with E-state index >= 15 is 0 Å². The van der Waals surface area contributed by atoms with E-state index < -0.39 is 0 Å². The average Bonchev–Trinajstić information content (AvgIpc) is 3.35. The molecule has 138 valence electrons. The Morgan fingerprint density at radius 1 is 1.15 bits per heavy atom. The van der Waals surface area contributed by atoms with E-state index in [0.29, 0.717) is 6.61 Å². The van der Waals surface area contributed by atoms with Crippen LogP contribution >= 0.6 is 0 Å². The molecule has 2 aromatic heterocycles. The molecule has 6 nitrogen and oxygen atoms in total. The standard InChI is InChI=1S/C21H21N3O3/c1-2-6-18-16(5-1)14(10-23-18)4-3-9-22-11-15-12-25-20-8-7-19-17(13-26-24-19)21(20)27-15/h1-2,5-8,10,13,15,22-23H,3-4,9,11-12H2. The van der Waals surface area contributed by atoms with Crippen molar-refractivity contribution in [3.8, 4) is 11.5 Å². The molecule has 1 atom stereocenters. The molecule has 1 unspecified atom stereocenters. The van der Waals surface area contributed by atoms with E-state index in [1.54, 1.807) is 6.26 Å². The number of hydrogen-bond donors (Lipinski definition) is 2. The first kappa shape index (κ1) is 16.2. The summed E-state index contributed by atoms with van der Waals surface area (Å²) < 4.78 is 17.0. The first-order valence-electron chi connectivity index (χ1n) is 9.31. The van der Waals surface area contributed by atoms with Crippen LogP contribution < -0.4 is 14.8 Å². The Balaban J connectivity index is 1.13. The molecule has 6 heteroatoms. The highest BCUT2D eigenvalue weighted by Crippen LogP contribution is 2.38. The molecule has 0 radical (unpaired) electrons. The largest absolute Gasteiger partial charge is 0.486 e. The lowest BCUT2D eigenvalue weighted by Crippen LogP contribution is -2.38. The van der Waals surface area contributed by atoms with E-state index in [0.717, 1.165) is 48.3 Å². The molecule has 0 aliphatic carbocycles. The zero-order valence-electron chi connectivity index (χ0n) is 14.9. The molecule has 5 rings (SSSR count). The van der Waals surface area contributed by atoms with E-state index in [4.69, 9.17) is 14.0 Å². The van der Waals surface area contributed by atoms with E-state index in [1.807, 2.05) is 12.1 Å². The van der Waals surface area contributed by atoms with Gasteiger partial charge < -0.3 is 24.3 Å². The molecule has 3 heterocycles. The van der Waals surface area contributed by atoms with Crippen LogP contribution in [0.2, 0.25) is 0 Å². The third-order valence-electron chi connectivity index (χ3n) is 5.01. The number of rotatable bonds is 6. The normalized spacial score (nSPS) is 16.2. The molecule has 4 aromatic rings. The zero-order chi connectivity index (χ0) is 18.1. The Labute approximate surface area is 156 Å². The van der Waals surface area contributed by atoms with Crippen molar-refractivity contribution in [2.45, 2.75) is 18.9 Å². The molecule has 0 saturated heterocycles. The van der Waals surface area contributed by atoms with Crippen molar-refractivity contribution in [1.29, 1.82) is 0 Å². The molecule has 0 amide bonds. The minimum Gasteiger partial charge on any atom is -0.486 e. The van der Waals surface area contributed by atoms with Crippen LogP contribution in [-0.4, -0.2) is 35.9 Å². The number of nitrogens with zero attached hydrogens (tertiary/aromatic N) is 1. The van der Waals surface area contributed by atoms with Crippen LogP contribution in [0, 0.1) is 0 Å². The van der Waals surface area contributed by atoms with Crippen molar-refractivity contribution in [3.05, 3.63) is 54.4 Å². The van der Waals surface area contributed by atoms with Gasteiger partial charge in [-0.15, -0.1) is 0 Å². The fourth-order valence-electron chi connectivity index (χ4n) is 3.62. The molecule has 0 fully saturated rings. The summed E-state index contributed by atoms with van der Waals surface area (Å²) >= 11 is 0. The van der Waals surface area contributed by atoms with Crippen molar-refractivity contribution < 1.29 is 14.0 Å². The van der Waals surface area contributed by atoms with Crippen molar-refractivity contribution in [3.63, 3.8) is 0 Å². The number of aryl methyl sites for hydroxylation is 1. The average molecular weight is 363 g/mol. The van der Waals surface area contributed by atoms with Gasteiger partial charge in [0.2, 0.25) is 0 Å². The Morgan fingerprint density at radius 2 is 2.11 bits per heavy atom. The van der Waals surface area contributed by atoms with Gasteiger partial charge in [-0.25, -0.2) is 0 Å². The second kappa shape index (κ2) is 6.96. The maximum Gasteiger partial charge on any atom is 0.174 e. The number of H-pyrrole nitrogens is 1. The molecular formula is C21H21N3O3. The summed E-state index contributed by atoms with van der Waals surface area (Å²) in [6.07, 6.45) is 5.81. The number of nitrogens with one attached hydrogen (secondary N) is 2. The maximum absolute atomic E-state index is 6.12. The number of fused-ring (bicyclic) bond motifs is 4.